The third-order valence-corrected chi connectivity index (χ3v) is 18.2. The van der Waals surface area contributed by atoms with E-state index in [-0.39, 0.29) is 13.4 Å². The molecule has 0 spiro atoms. The zero-order valence-corrected chi connectivity index (χ0v) is 41.2. The van der Waals surface area contributed by atoms with Crippen LogP contribution in [0.3, 0.4) is 0 Å². The van der Waals surface area contributed by atoms with Crippen molar-refractivity contribution in [3.63, 3.8) is 0 Å². The normalized spacial score (nSPS) is 12.7. The summed E-state index contributed by atoms with van der Waals surface area (Å²) in [6.07, 6.45) is 0. The van der Waals surface area contributed by atoms with Crippen molar-refractivity contribution in [1.82, 2.24) is 0 Å². The molecule has 9 rings (SSSR count). The number of hydrogen-bond donors (Lipinski definition) is 0. The number of aryl methyl sites for hydroxylation is 12. The van der Waals surface area contributed by atoms with Gasteiger partial charge in [-0.05, 0) is 126 Å². The topological polar surface area (TPSA) is 0 Å². The lowest BCUT2D eigenvalue weighted by molar-refractivity contribution is 1.34. The Kier molecular flexibility index (Phi) is 10.7. The van der Waals surface area contributed by atoms with Gasteiger partial charge in [-0.2, -0.15) is 0 Å². The molecule has 0 bridgehead atoms. The molecule has 0 nitrogen and oxygen atoms in total. The third-order valence-electron chi connectivity index (χ3n) is 14.7. The van der Waals surface area contributed by atoms with Gasteiger partial charge < -0.3 is 0 Å². The Bertz CT molecular complexity index is 2960. The molecule has 0 N–H and O–H groups in total. The van der Waals surface area contributed by atoms with Crippen molar-refractivity contribution in [1.29, 1.82) is 0 Å². The van der Waals surface area contributed by atoms with Crippen molar-refractivity contribution in [2.24, 2.45) is 0 Å². The van der Waals surface area contributed by atoms with Crippen LogP contribution >= 0.6 is 0 Å². The molecule has 0 amide bonds. The van der Waals surface area contributed by atoms with Crippen molar-refractivity contribution in [2.75, 3.05) is 0 Å². The molecule has 0 radical (unpaired) electrons. The van der Waals surface area contributed by atoms with Crippen LogP contribution in [0.1, 0.15) is 66.8 Å². The highest BCUT2D eigenvalue weighted by Gasteiger charge is 2.38. The minimum absolute atomic E-state index is 0.154. The molecule has 0 saturated carbocycles. The Morgan fingerprint density at radius 1 is 0.333 bits per heavy atom. The summed E-state index contributed by atoms with van der Waals surface area (Å²) in [5, 5.41) is 5.88. The Labute approximate surface area is 380 Å². The van der Waals surface area contributed by atoms with E-state index >= 15 is 0 Å². The van der Waals surface area contributed by atoms with E-state index in [1.54, 1.807) is 5.19 Å². The van der Waals surface area contributed by atoms with E-state index in [4.69, 9.17) is 0 Å². The molecule has 8 aromatic rings. The lowest BCUT2D eigenvalue weighted by Crippen LogP contribution is -2.60. The fourth-order valence-electron chi connectivity index (χ4n) is 12.4. The van der Waals surface area contributed by atoms with Crippen LogP contribution in [0.15, 0.2) is 121 Å². The van der Waals surface area contributed by atoms with Gasteiger partial charge in [0.2, 0.25) is 13.4 Å². The maximum Gasteiger partial charge on any atom is 0.242 e. The number of fused-ring (bicyclic) bond motifs is 2. The predicted molar refractivity (Wildman–Crippen MR) is 283 cm³/mol. The van der Waals surface area contributed by atoms with E-state index in [0.29, 0.717) is 0 Å². The average Bonchev–Trinajstić information content (AvgIpc) is 3.20. The average molecular weight is 833 g/mol. The quantitative estimate of drug-likeness (QED) is 0.140. The van der Waals surface area contributed by atoms with Crippen LogP contribution in [-0.2, 0) is 0 Å². The van der Waals surface area contributed by atoms with Crippen LogP contribution < -0.4 is 43.2 Å². The van der Waals surface area contributed by atoms with Crippen LogP contribution in [0.25, 0.3) is 33.0 Å². The van der Waals surface area contributed by atoms with Crippen molar-refractivity contribution < 1.29 is 0 Å². The van der Waals surface area contributed by atoms with Gasteiger partial charge in [-0.25, -0.2) is 0 Å². The van der Waals surface area contributed by atoms with Crippen LogP contribution in [-0.4, -0.2) is 21.5 Å². The summed E-state index contributed by atoms with van der Waals surface area (Å²) in [4.78, 5) is 0. The molecular weight excluding hydrogens is 770 g/mol. The van der Waals surface area contributed by atoms with E-state index < -0.39 is 8.07 Å². The maximum absolute atomic E-state index is 2.63. The van der Waals surface area contributed by atoms with Gasteiger partial charge in [0.15, 0.2) is 0 Å². The SMILES string of the molecule is Cc1cc(C)c(B(c2ccc(-c3ccc4c5c(cccc35)[Si](C)(C)c3cc(B(c5c(C)cc(C)cc5C)c5c(C)cc(C)cc5C)ccc3-4)cc2)c2c(C)cc(C)cc2C)c(C)c1. The van der Waals surface area contributed by atoms with Crippen molar-refractivity contribution in [3.8, 4) is 22.3 Å². The molecule has 0 fully saturated rings. The van der Waals surface area contributed by atoms with Crippen molar-refractivity contribution in [2.45, 2.75) is 96.2 Å². The second kappa shape index (κ2) is 15.9. The predicted octanol–water partition coefficient (Wildman–Crippen LogP) is 10.0. The van der Waals surface area contributed by atoms with Gasteiger partial charge in [-0.1, -0.05) is 234 Å². The van der Waals surface area contributed by atoms with Gasteiger partial charge in [-0.3, -0.25) is 0 Å². The molecule has 1 aliphatic rings. The van der Waals surface area contributed by atoms with Crippen molar-refractivity contribution >= 4 is 75.4 Å². The number of benzene rings is 8. The smallest absolute Gasteiger partial charge is 0.0687 e. The standard InChI is InChI=1S/C60H62B2Si/c1-35-26-39(5)57(40(6)27-35)61(58-41(7)28-36(2)29-42(58)8)48-20-18-47(19-21-48)50-24-25-53-51-23-22-49(34-55(51)63(13,14)54-17-15-16-52(50)56(53)54)62(59-43(9)30-37(3)31-44(59)10)60-45(11)32-38(4)33-46(60)12/h15-34H,1-14H3. The highest BCUT2D eigenvalue weighted by atomic mass is 28.3. The molecule has 63 heavy (non-hydrogen) atoms. The molecule has 0 saturated heterocycles. The first-order chi connectivity index (χ1) is 29.9. The zero-order chi connectivity index (χ0) is 44.8. The van der Waals surface area contributed by atoms with E-state index in [1.165, 1.54) is 138 Å². The van der Waals surface area contributed by atoms with Gasteiger partial charge >= 0.3 is 0 Å². The highest BCUT2D eigenvalue weighted by molar-refractivity contribution is 7.04. The minimum Gasteiger partial charge on any atom is -0.0687 e. The minimum atomic E-state index is -2.17. The maximum atomic E-state index is 2.63. The fourth-order valence-corrected chi connectivity index (χ4v) is 15.6. The first kappa shape index (κ1) is 42.7. The van der Waals surface area contributed by atoms with Crippen LogP contribution in [0.2, 0.25) is 13.1 Å². The van der Waals surface area contributed by atoms with E-state index in [0.717, 1.165) is 0 Å². The Morgan fingerprint density at radius 2 is 0.698 bits per heavy atom. The molecule has 0 unspecified atom stereocenters. The van der Waals surface area contributed by atoms with Gasteiger partial charge in [-0.15, -0.1) is 0 Å². The summed E-state index contributed by atoms with van der Waals surface area (Å²) in [5.74, 6) is 0. The molecule has 0 aromatic heterocycles. The van der Waals surface area contributed by atoms with Gasteiger partial charge in [0.1, 0.15) is 8.07 Å². The van der Waals surface area contributed by atoms with E-state index in [1.807, 2.05) is 0 Å². The second-order valence-corrected chi connectivity index (χ2v) is 24.4. The molecule has 3 heteroatoms. The third kappa shape index (κ3) is 7.18. The summed E-state index contributed by atoms with van der Waals surface area (Å²) >= 11 is 0. The highest BCUT2D eigenvalue weighted by Crippen LogP contribution is 2.38. The Hall–Kier alpha value is -5.63. The molecule has 1 heterocycles. The summed E-state index contributed by atoms with van der Waals surface area (Å²) in [5.41, 5.74) is 30.1. The van der Waals surface area contributed by atoms with E-state index in [9.17, 15) is 0 Å². The zero-order valence-electron chi connectivity index (χ0n) is 40.2. The van der Waals surface area contributed by atoms with Crippen molar-refractivity contribution in [3.05, 3.63) is 188 Å². The lowest BCUT2D eigenvalue weighted by Gasteiger charge is -2.35. The molecule has 312 valence electrons. The van der Waals surface area contributed by atoms with Crippen LogP contribution in [0.5, 0.6) is 0 Å². The molecule has 8 aromatic carbocycles. The van der Waals surface area contributed by atoms with Gasteiger partial charge in [0.05, 0.1) is 0 Å². The van der Waals surface area contributed by atoms with Crippen LogP contribution in [0.4, 0.5) is 0 Å². The van der Waals surface area contributed by atoms with Gasteiger partial charge in [0, 0.05) is 0 Å². The lowest BCUT2D eigenvalue weighted by atomic mass is 9.34. The molecule has 0 atom stereocenters. The molecule has 1 aliphatic heterocycles. The number of hydrogen-bond acceptors (Lipinski definition) is 0. The first-order valence-corrected chi connectivity index (χ1v) is 26.1. The molecular formula is C60H62B2Si. The monoisotopic (exact) mass is 832 g/mol. The van der Waals surface area contributed by atoms with Crippen LogP contribution in [0, 0.1) is 83.1 Å². The fraction of sp³-hybridized carbons (Fsp3) is 0.233. The number of rotatable bonds is 7. The van der Waals surface area contributed by atoms with Gasteiger partial charge in [0.25, 0.3) is 0 Å². The molecule has 0 aliphatic carbocycles. The summed E-state index contributed by atoms with van der Waals surface area (Å²) < 4.78 is 0. The Balaban J connectivity index is 1.18. The first-order valence-electron chi connectivity index (χ1n) is 23.1. The summed E-state index contributed by atoms with van der Waals surface area (Å²) in [7, 11) is -2.17. The largest absolute Gasteiger partial charge is 0.242 e. The Morgan fingerprint density at radius 3 is 1.13 bits per heavy atom. The summed E-state index contributed by atoms with van der Waals surface area (Å²) in [6, 6.07) is 48.1. The second-order valence-electron chi connectivity index (χ2n) is 20.1. The van der Waals surface area contributed by atoms with E-state index in [2.05, 4.69) is 218 Å². The summed E-state index contributed by atoms with van der Waals surface area (Å²) in [6.45, 7) is 32.8.